The molecule has 0 atom stereocenters. The second-order valence-electron chi connectivity index (χ2n) is 7.53. The van der Waals surface area contributed by atoms with Gasteiger partial charge in [-0.3, -0.25) is 9.69 Å². The average Bonchev–Trinajstić information content (AvgIpc) is 3.14. The Morgan fingerprint density at radius 1 is 1.15 bits per heavy atom. The molecule has 174 valence electrons. The molecule has 0 radical (unpaired) electrons. The number of aromatic nitrogens is 5. The van der Waals surface area contributed by atoms with Gasteiger partial charge in [0.05, 0.1) is 22.3 Å². The molecule has 0 unspecified atom stereocenters. The Hall–Kier alpha value is -3.02. The van der Waals surface area contributed by atoms with Crippen molar-refractivity contribution in [3.8, 4) is 5.69 Å². The van der Waals surface area contributed by atoms with Gasteiger partial charge in [0.2, 0.25) is 11.9 Å². The molecular formula is C20H22Cl2FN9O. The number of tetrazole rings is 1. The van der Waals surface area contributed by atoms with Crippen molar-refractivity contribution < 1.29 is 9.18 Å². The zero-order valence-corrected chi connectivity index (χ0v) is 19.1. The number of amides is 1. The van der Waals surface area contributed by atoms with Gasteiger partial charge in [-0.05, 0) is 35.0 Å². The van der Waals surface area contributed by atoms with E-state index in [-0.39, 0.29) is 22.5 Å². The largest absolute Gasteiger partial charge is 0.369 e. The van der Waals surface area contributed by atoms with Crippen LogP contribution in [0.5, 0.6) is 0 Å². The zero-order chi connectivity index (χ0) is 23.4. The minimum atomic E-state index is -0.625. The maximum atomic E-state index is 13.7. The van der Waals surface area contributed by atoms with Crippen molar-refractivity contribution in [3.05, 3.63) is 51.9 Å². The summed E-state index contributed by atoms with van der Waals surface area (Å²) in [5.41, 5.74) is 6.64. The molecule has 3 aromatic rings. The van der Waals surface area contributed by atoms with Gasteiger partial charge in [-0.15, -0.1) is 0 Å². The molecule has 0 bridgehead atoms. The molecule has 3 heterocycles. The number of nitrogens with two attached hydrogens (primary N) is 1. The molecule has 1 amide bonds. The third-order valence-electron chi connectivity index (χ3n) is 5.28. The van der Waals surface area contributed by atoms with Gasteiger partial charge in [-0.25, -0.2) is 9.37 Å². The van der Waals surface area contributed by atoms with Crippen LogP contribution in [0, 0.1) is 5.82 Å². The number of hydrogen-bond acceptors (Lipinski definition) is 8. The summed E-state index contributed by atoms with van der Waals surface area (Å²) in [7, 11) is 0. The monoisotopic (exact) mass is 493 g/mol. The summed E-state index contributed by atoms with van der Waals surface area (Å²) in [6, 6.07) is 6.49. The van der Waals surface area contributed by atoms with E-state index in [1.54, 1.807) is 6.20 Å². The Bertz CT molecular complexity index is 1140. The summed E-state index contributed by atoms with van der Waals surface area (Å²) >= 11 is 12.1. The summed E-state index contributed by atoms with van der Waals surface area (Å²) < 4.78 is 15.0. The summed E-state index contributed by atoms with van der Waals surface area (Å²) in [5, 5.41) is 14.7. The lowest BCUT2D eigenvalue weighted by Crippen LogP contribution is -2.37. The predicted octanol–water partition coefficient (Wildman–Crippen LogP) is 2.11. The van der Waals surface area contributed by atoms with Gasteiger partial charge in [-0.2, -0.15) is 4.68 Å². The van der Waals surface area contributed by atoms with Crippen molar-refractivity contribution >= 4 is 40.9 Å². The molecule has 1 fully saturated rings. The topological polar surface area (TPSA) is 118 Å². The Morgan fingerprint density at radius 2 is 2.00 bits per heavy atom. The highest BCUT2D eigenvalue weighted by Crippen LogP contribution is 2.31. The molecule has 1 aliphatic rings. The first-order valence-corrected chi connectivity index (χ1v) is 11.0. The quantitative estimate of drug-likeness (QED) is 0.480. The van der Waals surface area contributed by atoms with Crippen LogP contribution in [0.3, 0.4) is 0 Å². The molecule has 13 heteroatoms. The summed E-state index contributed by atoms with van der Waals surface area (Å²) in [6.07, 6.45) is 2.63. The van der Waals surface area contributed by atoms with Crippen molar-refractivity contribution in [1.82, 2.24) is 30.1 Å². The Morgan fingerprint density at radius 3 is 2.82 bits per heavy atom. The van der Waals surface area contributed by atoms with E-state index in [0.29, 0.717) is 24.7 Å². The number of primary amides is 1. The molecule has 10 nitrogen and oxygen atoms in total. The Balaban J connectivity index is 1.50. The molecule has 2 aromatic heterocycles. The highest BCUT2D eigenvalue weighted by atomic mass is 35.5. The van der Waals surface area contributed by atoms with Crippen LogP contribution in [-0.2, 0) is 11.3 Å². The van der Waals surface area contributed by atoms with Crippen LogP contribution in [0.25, 0.3) is 5.69 Å². The van der Waals surface area contributed by atoms with E-state index in [9.17, 15) is 9.18 Å². The maximum absolute atomic E-state index is 13.7. The fourth-order valence-electron chi connectivity index (χ4n) is 3.73. The minimum absolute atomic E-state index is 0.0131. The van der Waals surface area contributed by atoms with Crippen molar-refractivity contribution in [2.24, 2.45) is 5.73 Å². The fourth-order valence-corrected chi connectivity index (χ4v) is 4.12. The highest BCUT2D eigenvalue weighted by Gasteiger charge is 2.20. The summed E-state index contributed by atoms with van der Waals surface area (Å²) in [4.78, 5) is 20.1. The lowest BCUT2D eigenvalue weighted by Gasteiger charge is -2.24. The second-order valence-corrected chi connectivity index (χ2v) is 8.29. The van der Waals surface area contributed by atoms with E-state index in [0.717, 1.165) is 37.4 Å². The SMILES string of the molecule is NC(=O)CN1CCCN(c2ncccc2CNc2nnnn2-c2ccc(F)c(Cl)c2Cl)CC1. The van der Waals surface area contributed by atoms with E-state index in [1.807, 2.05) is 12.1 Å². The molecule has 0 saturated carbocycles. The normalized spacial score (nSPS) is 14.8. The first kappa shape index (κ1) is 23.1. The summed E-state index contributed by atoms with van der Waals surface area (Å²) in [6.45, 7) is 3.68. The number of halogens is 3. The smallest absolute Gasteiger partial charge is 0.248 e. The van der Waals surface area contributed by atoms with E-state index in [1.165, 1.54) is 16.8 Å². The molecule has 1 aliphatic heterocycles. The fraction of sp³-hybridized carbons (Fsp3) is 0.350. The maximum Gasteiger partial charge on any atom is 0.248 e. The number of benzene rings is 1. The van der Waals surface area contributed by atoms with Crippen LogP contribution in [0.15, 0.2) is 30.5 Å². The van der Waals surface area contributed by atoms with E-state index < -0.39 is 5.82 Å². The van der Waals surface area contributed by atoms with Crippen LogP contribution in [0.2, 0.25) is 10.0 Å². The number of carbonyl (C=O) groups excluding carboxylic acids is 1. The lowest BCUT2D eigenvalue weighted by molar-refractivity contribution is -0.119. The second kappa shape index (κ2) is 10.3. The third kappa shape index (κ3) is 5.32. The number of pyridine rings is 1. The van der Waals surface area contributed by atoms with Crippen molar-refractivity contribution in [2.75, 3.05) is 42.9 Å². The van der Waals surface area contributed by atoms with Gasteiger partial charge in [0, 0.05) is 44.5 Å². The molecule has 33 heavy (non-hydrogen) atoms. The number of hydrogen-bond donors (Lipinski definition) is 2. The number of carbonyl (C=O) groups is 1. The van der Waals surface area contributed by atoms with Gasteiger partial charge >= 0.3 is 0 Å². The van der Waals surface area contributed by atoms with Crippen LogP contribution in [0.4, 0.5) is 16.2 Å². The highest BCUT2D eigenvalue weighted by molar-refractivity contribution is 6.43. The average molecular weight is 494 g/mol. The number of nitrogens with zero attached hydrogens (tertiary/aromatic N) is 7. The first-order chi connectivity index (χ1) is 15.9. The molecule has 0 aliphatic carbocycles. The Kier molecular flexibility index (Phi) is 7.21. The minimum Gasteiger partial charge on any atom is -0.369 e. The Labute approximate surface area is 199 Å². The molecule has 3 N–H and O–H groups in total. The first-order valence-electron chi connectivity index (χ1n) is 10.3. The van der Waals surface area contributed by atoms with Crippen LogP contribution >= 0.6 is 23.2 Å². The molecule has 4 rings (SSSR count). The lowest BCUT2D eigenvalue weighted by atomic mass is 10.2. The van der Waals surface area contributed by atoms with E-state index in [4.69, 9.17) is 28.9 Å². The van der Waals surface area contributed by atoms with Gasteiger partial charge in [0.25, 0.3) is 0 Å². The zero-order valence-electron chi connectivity index (χ0n) is 17.6. The van der Waals surface area contributed by atoms with Crippen LogP contribution in [-0.4, -0.2) is 68.7 Å². The van der Waals surface area contributed by atoms with Crippen molar-refractivity contribution in [3.63, 3.8) is 0 Å². The van der Waals surface area contributed by atoms with Gasteiger partial charge < -0.3 is 16.0 Å². The van der Waals surface area contributed by atoms with E-state index >= 15 is 0 Å². The van der Waals surface area contributed by atoms with Gasteiger partial charge in [0.15, 0.2) is 0 Å². The number of rotatable bonds is 7. The number of anilines is 2. The summed E-state index contributed by atoms with van der Waals surface area (Å²) in [5.74, 6) is 0.206. The van der Waals surface area contributed by atoms with E-state index in [2.05, 4.69) is 35.6 Å². The molecule has 1 saturated heterocycles. The predicted molar refractivity (Wildman–Crippen MR) is 123 cm³/mol. The van der Waals surface area contributed by atoms with Crippen LogP contribution < -0.4 is 16.0 Å². The standard InChI is InChI=1S/C20H22Cl2FN9O/c21-17-14(23)4-5-15(18(17)22)32-20(27-28-29-32)26-11-13-3-1-6-25-19(13)31-8-2-7-30(9-10-31)12-16(24)33/h1,3-6H,2,7-12H2,(H2,24,33)(H,26,27,29). The van der Waals surface area contributed by atoms with Crippen molar-refractivity contribution in [2.45, 2.75) is 13.0 Å². The molecular weight excluding hydrogens is 472 g/mol. The van der Waals surface area contributed by atoms with Crippen molar-refractivity contribution in [1.29, 1.82) is 0 Å². The molecule has 0 spiro atoms. The molecule has 1 aromatic carbocycles. The third-order valence-corrected chi connectivity index (χ3v) is 6.13. The number of nitrogens with one attached hydrogen (secondary N) is 1. The van der Waals surface area contributed by atoms with Gasteiger partial charge in [-0.1, -0.05) is 34.4 Å². The van der Waals surface area contributed by atoms with Gasteiger partial charge in [0.1, 0.15) is 11.6 Å². The van der Waals surface area contributed by atoms with Crippen LogP contribution in [0.1, 0.15) is 12.0 Å².